The Morgan fingerprint density at radius 2 is 2.25 bits per heavy atom. The van der Waals surface area contributed by atoms with E-state index >= 15 is 0 Å². The summed E-state index contributed by atoms with van der Waals surface area (Å²) in [5, 5.41) is 0. The summed E-state index contributed by atoms with van der Waals surface area (Å²) in [5.41, 5.74) is 5.98. The van der Waals surface area contributed by atoms with Gasteiger partial charge in [-0.3, -0.25) is 0 Å². The third-order valence-corrected chi connectivity index (χ3v) is 3.35. The molecule has 0 saturated carbocycles. The molecular formula is C7H12N2O2S. The zero-order valence-electron chi connectivity index (χ0n) is 6.90. The third kappa shape index (κ3) is 1.51. The van der Waals surface area contributed by atoms with Crippen molar-refractivity contribution >= 4 is 10.0 Å². The average molecular weight is 188 g/mol. The fourth-order valence-corrected chi connectivity index (χ4v) is 2.00. The van der Waals surface area contributed by atoms with Crippen molar-refractivity contribution in [2.45, 2.75) is 13.5 Å². The Kier molecular flexibility index (Phi) is 2.54. The second-order valence-electron chi connectivity index (χ2n) is 2.40. The molecule has 0 aromatic carbocycles. The number of nitrogens with zero attached hydrogens (tertiary/aromatic N) is 1. The topological polar surface area (TPSA) is 65.1 Å². The standard InChI is InChI=1S/C7H12N2O2S/c1-2-12(10,11)9-5-3-4-7(9)6-8/h3-5H,2,6,8H2,1H3. The first kappa shape index (κ1) is 9.28. The van der Waals surface area contributed by atoms with E-state index in [4.69, 9.17) is 5.73 Å². The Labute approximate surface area is 72.0 Å². The number of hydrogen-bond acceptors (Lipinski definition) is 3. The first-order chi connectivity index (χ1) is 5.61. The average Bonchev–Trinajstić information content (AvgIpc) is 2.52. The van der Waals surface area contributed by atoms with Crippen molar-refractivity contribution in [3.8, 4) is 0 Å². The Balaban J connectivity index is 3.19. The molecule has 0 radical (unpaired) electrons. The van der Waals surface area contributed by atoms with E-state index in [0.29, 0.717) is 5.69 Å². The van der Waals surface area contributed by atoms with Crippen molar-refractivity contribution in [2.24, 2.45) is 5.73 Å². The van der Waals surface area contributed by atoms with Gasteiger partial charge in [-0.1, -0.05) is 0 Å². The minimum atomic E-state index is -3.16. The van der Waals surface area contributed by atoms with Crippen LogP contribution in [0, 0.1) is 0 Å². The Hall–Kier alpha value is -0.810. The SMILES string of the molecule is CCS(=O)(=O)n1cccc1CN. The van der Waals surface area contributed by atoms with E-state index in [0.717, 1.165) is 0 Å². The maximum Gasteiger partial charge on any atom is 0.238 e. The Morgan fingerprint density at radius 1 is 1.58 bits per heavy atom. The molecule has 4 nitrogen and oxygen atoms in total. The molecule has 12 heavy (non-hydrogen) atoms. The van der Waals surface area contributed by atoms with Gasteiger partial charge in [0.15, 0.2) is 0 Å². The molecule has 0 saturated heterocycles. The van der Waals surface area contributed by atoms with Gasteiger partial charge in [0.05, 0.1) is 5.75 Å². The van der Waals surface area contributed by atoms with Crippen LogP contribution in [0.1, 0.15) is 12.6 Å². The number of rotatable bonds is 3. The molecule has 1 rings (SSSR count). The molecule has 0 unspecified atom stereocenters. The van der Waals surface area contributed by atoms with Crippen LogP contribution < -0.4 is 5.73 Å². The van der Waals surface area contributed by atoms with Crippen molar-refractivity contribution < 1.29 is 8.42 Å². The van der Waals surface area contributed by atoms with Gasteiger partial charge in [-0.25, -0.2) is 12.4 Å². The lowest BCUT2D eigenvalue weighted by atomic mass is 10.4. The normalized spacial score (nSPS) is 11.8. The summed E-state index contributed by atoms with van der Waals surface area (Å²) in [6.45, 7) is 1.85. The summed E-state index contributed by atoms with van der Waals surface area (Å²) >= 11 is 0. The number of nitrogens with two attached hydrogens (primary N) is 1. The van der Waals surface area contributed by atoms with E-state index in [9.17, 15) is 8.42 Å². The van der Waals surface area contributed by atoms with Crippen LogP contribution in [0.2, 0.25) is 0 Å². The van der Waals surface area contributed by atoms with Crippen LogP contribution in [0.3, 0.4) is 0 Å². The van der Waals surface area contributed by atoms with Gasteiger partial charge in [-0.15, -0.1) is 0 Å². The molecule has 1 aromatic rings. The molecule has 1 heterocycles. The second kappa shape index (κ2) is 3.28. The quantitative estimate of drug-likeness (QED) is 0.734. The molecule has 0 spiro atoms. The van der Waals surface area contributed by atoms with Gasteiger partial charge in [0, 0.05) is 18.4 Å². The zero-order chi connectivity index (χ0) is 9.19. The van der Waals surface area contributed by atoms with E-state index in [-0.39, 0.29) is 12.3 Å². The predicted molar refractivity (Wildman–Crippen MR) is 47.2 cm³/mol. The molecule has 0 aliphatic heterocycles. The number of hydrogen-bond donors (Lipinski definition) is 1. The molecule has 68 valence electrons. The zero-order valence-corrected chi connectivity index (χ0v) is 7.71. The van der Waals surface area contributed by atoms with E-state index in [1.807, 2.05) is 0 Å². The van der Waals surface area contributed by atoms with Crippen molar-refractivity contribution in [1.29, 1.82) is 0 Å². The van der Waals surface area contributed by atoms with E-state index in [1.165, 1.54) is 10.2 Å². The van der Waals surface area contributed by atoms with Crippen LogP contribution >= 0.6 is 0 Å². The highest BCUT2D eigenvalue weighted by Gasteiger charge is 2.11. The first-order valence-corrected chi connectivity index (χ1v) is 5.32. The molecule has 0 aliphatic rings. The van der Waals surface area contributed by atoms with Crippen molar-refractivity contribution in [1.82, 2.24) is 3.97 Å². The van der Waals surface area contributed by atoms with Gasteiger partial charge in [-0.2, -0.15) is 0 Å². The minimum absolute atomic E-state index is 0.0919. The largest absolute Gasteiger partial charge is 0.325 e. The fourth-order valence-electron chi connectivity index (χ4n) is 0.970. The molecule has 0 aliphatic carbocycles. The Morgan fingerprint density at radius 3 is 2.75 bits per heavy atom. The van der Waals surface area contributed by atoms with Gasteiger partial charge in [0.1, 0.15) is 0 Å². The molecule has 0 amide bonds. The molecule has 0 fully saturated rings. The highest BCUT2D eigenvalue weighted by Crippen LogP contribution is 2.05. The van der Waals surface area contributed by atoms with E-state index < -0.39 is 10.0 Å². The van der Waals surface area contributed by atoms with E-state index in [1.54, 1.807) is 19.1 Å². The second-order valence-corrected chi connectivity index (χ2v) is 4.53. The first-order valence-electron chi connectivity index (χ1n) is 3.71. The molecule has 5 heteroatoms. The molecule has 1 aromatic heterocycles. The molecule has 2 N–H and O–H groups in total. The van der Waals surface area contributed by atoms with Crippen LogP contribution in [0.5, 0.6) is 0 Å². The fraction of sp³-hybridized carbons (Fsp3) is 0.429. The Bertz CT molecular complexity index is 353. The van der Waals surface area contributed by atoms with Crippen molar-refractivity contribution in [3.63, 3.8) is 0 Å². The lowest BCUT2D eigenvalue weighted by Gasteiger charge is -2.05. The van der Waals surface area contributed by atoms with Crippen LogP contribution in [0.15, 0.2) is 18.3 Å². The monoisotopic (exact) mass is 188 g/mol. The van der Waals surface area contributed by atoms with Gasteiger partial charge in [-0.05, 0) is 19.1 Å². The maximum atomic E-state index is 11.3. The molecule has 0 atom stereocenters. The molecular weight excluding hydrogens is 176 g/mol. The predicted octanol–water partition coefficient (Wildman–Crippen LogP) is 0.145. The van der Waals surface area contributed by atoms with Gasteiger partial charge < -0.3 is 5.73 Å². The van der Waals surface area contributed by atoms with Gasteiger partial charge in [0.2, 0.25) is 10.0 Å². The highest BCUT2D eigenvalue weighted by atomic mass is 32.2. The van der Waals surface area contributed by atoms with E-state index in [2.05, 4.69) is 0 Å². The van der Waals surface area contributed by atoms with Gasteiger partial charge >= 0.3 is 0 Å². The summed E-state index contributed by atoms with van der Waals surface area (Å²) in [4.78, 5) is 0. The summed E-state index contributed by atoms with van der Waals surface area (Å²) in [6.07, 6.45) is 1.51. The summed E-state index contributed by atoms with van der Waals surface area (Å²) in [7, 11) is -3.16. The lowest BCUT2D eigenvalue weighted by Crippen LogP contribution is -2.17. The summed E-state index contributed by atoms with van der Waals surface area (Å²) in [5.74, 6) is 0.0919. The van der Waals surface area contributed by atoms with Crippen LogP contribution in [0.4, 0.5) is 0 Å². The van der Waals surface area contributed by atoms with Gasteiger partial charge in [0.25, 0.3) is 0 Å². The molecule has 0 bridgehead atoms. The highest BCUT2D eigenvalue weighted by molar-refractivity contribution is 7.89. The summed E-state index contributed by atoms with van der Waals surface area (Å²) in [6, 6.07) is 3.38. The van der Waals surface area contributed by atoms with Crippen LogP contribution in [-0.2, 0) is 16.6 Å². The smallest absolute Gasteiger partial charge is 0.238 e. The van der Waals surface area contributed by atoms with Crippen molar-refractivity contribution in [3.05, 3.63) is 24.0 Å². The maximum absolute atomic E-state index is 11.3. The lowest BCUT2D eigenvalue weighted by molar-refractivity contribution is 0.586. The van der Waals surface area contributed by atoms with Crippen LogP contribution in [0.25, 0.3) is 0 Å². The van der Waals surface area contributed by atoms with Crippen LogP contribution in [-0.4, -0.2) is 18.1 Å². The summed E-state index contributed by atoms with van der Waals surface area (Å²) < 4.78 is 23.9. The third-order valence-electron chi connectivity index (χ3n) is 1.67. The van der Waals surface area contributed by atoms with Crippen molar-refractivity contribution in [2.75, 3.05) is 5.75 Å². The minimum Gasteiger partial charge on any atom is -0.325 e. The number of aromatic nitrogens is 1.